The fourth-order valence-corrected chi connectivity index (χ4v) is 3.86. The molecule has 1 fully saturated rings. The van der Waals surface area contributed by atoms with Gasteiger partial charge in [0.05, 0.1) is 24.6 Å². The highest BCUT2D eigenvalue weighted by atomic mass is 19.1. The quantitative estimate of drug-likeness (QED) is 0.522. The zero-order valence-corrected chi connectivity index (χ0v) is 18.8. The first-order valence-electron chi connectivity index (χ1n) is 11.1. The van der Waals surface area contributed by atoms with Crippen molar-refractivity contribution < 1.29 is 23.4 Å². The number of hydrogen-bond acceptors (Lipinski definition) is 5. The maximum atomic E-state index is 13.5. The van der Waals surface area contributed by atoms with E-state index in [2.05, 4.69) is 10.4 Å². The minimum atomic E-state index is -0.335. The summed E-state index contributed by atoms with van der Waals surface area (Å²) >= 11 is 0. The normalized spacial score (nSPS) is 15.4. The molecule has 8 heteroatoms. The summed E-state index contributed by atoms with van der Waals surface area (Å²) in [7, 11) is 1.57. The smallest absolute Gasteiger partial charge is 0.226 e. The van der Waals surface area contributed by atoms with Crippen LogP contribution in [0.1, 0.15) is 30.5 Å². The molecular weight excluding hydrogens is 425 g/mol. The number of carbonyl (C=O) groups excluding carboxylic acids is 1. The predicted octanol–water partition coefficient (Wildman–Crippen LogP) is 4.35. The van der Waals surface area contributed by atoms with Gasteiger partial charge in [-0.3, -0.25) is 4.79 Å². The Morgan fingerprint density at radius 2 is 1.97 bits per heavy atom. The van der Waals surface area contributed by atoms with Crippen LogP contribution >= 0.6 is 0 Å². The lowest BCUT2D eigenvalue weighted by molar-refractivity contribution is -0.121. The Balaban J connectivity index is 1.58. The van der Waals surface area contributed by atoms with Gasteiger partial charge in [-0.15, -0.1) is 0 Å². The Labute approximate surface area is 192 Å². The number of ether oxygens (including phenoxy) is 3. The van der Waals surface area contributed by atoms with Crippen LogP contribution in [0.25, 0.3) is 5.69 Å². The van der Waals surface area contributed by atoms with Crippen LogP contribution in [0.15, 0.2) is 48.5 Å². The van der Waals surface area contributed by atoms with Gasteiger partial charge >= 0.3 is 0 Å². The van der Waals surface area contributed by atoms with Crippen molar-refractivity contribution in [2.45, 2.75) is 38.7 Å². The number of aryl methyl sites for hydroxylation is 1. The van der Waals surface area contributed by atoms with Crippen LogP contribution in [0, 0.1) is 12.7 Å². The van der Waals surface area contributed by atoms with E-state index in [1.807, 2.05) is 19.1 Å². The molecule has 3 aromatic rings. The van der Waals surface area contributed by atoms with Gasteiger partial charge < -0.3 is 19.5 Å². The minimum absolute atomic E-state index is 0.0531. The first-order valence-corrected chi connectivity index (χ1v) is 11.1. The highest BCUT2D eigenvalue weighted by Gasteiger charge is 2.22. The summed E-state index contributed by atoms with van der Waals surface area (Å²) in [5.41, 5.74) is 2.19. The summed E-state index contributed by atoms with van der Waals surface area (Å²) in [5, 5.41) is 7.58. The second-order valence-corrected chi connectivity index (χ2v) is 7.95. The molecule has 1 aliphatic rings. The van der Waals surface area contributed by atoms with Gasteiger partial charge in [0, 0.05) is 25.1 Å². The number of carbonyl (C=O) groups is 1. The number of rotatable bonds is 9. The molecule has 0 spiro atoms. The minimum Gasteiger partial charge on any atom is -0.493 e. The van der Waals surface area contributed by atoms with Crippen molar-refractivity contribution in [1.29, 1.82) is 0 Å². The van der Waals surface area contributed by atoms with Gasteiger partial charge in [-0.25, -0.2) is 9.07 Å². The van der Waals surface area contributed by atoms with E-state index in [1.54, 1.807) is 36.1 Å². The molecule has 2 aromatic carbocycles. The Morgan fingerprint density at radius 3 is 2.67 bits per heavy atom. The molecule has 0 bridgehead atoms. The van der Waals surface area contributed by atoms with Crippen LogP contribution in [-0.2, 0) is 16.0 Å². The Morgan fingerprint density at radius 1 is 1.21 bits per heavy atom. The number of methoxy groups -OCH3 is 1. The summed E-state index contributed by atoms with van der Waals surface area (Å²) in [6, 6.07) is 13.3. The van der Waals surface area contributed by atoms with Crippen LogP contribution in [-0.4, -0.2) is 42.1 Å². The summed E-state index contributed by atoms with van der Waals surface area (Å²) < 4.78 is 32.4. The molecule has 1 aromatic heterocycles. The van der Waals surface area contributed by atoms with Gasteiger partial charge in [-0.1, -0.05) is 12.1 Å². The number of hydrogen-bond donors (Lipinski definition) is 1. The third-order valence-corrected chi connectivity index (χ3v) is 5.64. The van der Waals surface area contributed by atoms with Gasteiger partial charge in [0.25, 0.3) is 0 Å². The number of halogens is 1. The van der Waals surface area contributed by atoms with E-state index in [1.165, 1.54) is 12.1 Å². The molecule has 1 N–H and O–H groups in total. The fraction of sp³-hybridized carbons (Fsp3) is 0.360. The summed E-state index contributed by atoms with van der Waals surface area (Å²) in [6.45, 7) is 3.15. The fourth-order valence-electron chi connectivity index (χ4n) is 3.86. The van der Waals surface area contributed by atoms with Gasteiger partial charge in [0.15, 0.2) is 11.5 Å². The predicted molar refractivity (Wildman–Crippen MR) is 122 cm³/mol. The monoisotopic (exact) mass is 453 g/mol. The Hall–Kier alpha value is -3.39. The van der Waals surface area contributed by atoms with E-state index in [9.17, 15) is 9.18 Å². The van der Waals surface area contributed by atoms with E-state index in [0.717, 1.165) is 30.7 Å². The van der Waals surface area contributed by atoms with E-state index in [-0.39, 0.29) is 24.2 Å². The molecule has 7 nitrogen and oxygen atoms in total. The first kappa shape index (κ1) is 22.8. The molecule has 0 aliphatic carbocycles. The summed E-state index contributed by atoms with van der Waals surface area (Å²) in [5.74, 6) is 1.17. The number of aromatic nitrogens is 2. The van der Waals surface area contributed by atoms with Gasteiger partial charge in [0.2, 0.25) is 11.8 Å². The molecule has 4 rings (SSSR count). The van der Waals surface area contributed by atoms with Crippen molar-refractivity contribution in [2.24, 2.45) is 0 Å². The van der Waals surface area contributed by atoms with Gasteiger partial charge in [-0.2, -0.15) is 5.10 Å². The number of amides is 1. The zero-order valence-electron chi connectivity index (χ0n) is 18.8. The number of nitrogens with zero attached hydrogens (tertiary/aromatic N) is 2. The third kappa shape index (κ3) is 5.51. The average molecular weight is 454 g/mol. The average Bonchev–Trinajstić information content (AvgIpc) is 3.45. The molecule has 2 heterocycles. The molecule has 1 saturated heterocycles. The lowest BCUT2D eigenvalue weighted by Crippen LogP contribution is -2.31. The van der Waals surface area contributed by atoms with Gasteiger partial charge in [-0.05, 0) is 62.6 Å². The Kier molecular flexibility index (Phi) is 7.24. The lowest BCUT2D eigenvalue weighted by Gasteiger charge is -2.14. The van der Waals surface area contributed by atoms with Crippen LogP contribution in [0.2, 0.25) is 0 Å². The second kappa shape index (κ2) is 10.5. The van der Waals surface area contributed by atoms with E-state index >= 15 is 0 Å². The number of benzene rings is 2. The molecular formula is C25H28FN3O4. The largest absolute Gasteiger partial charge is 0.493 e. The molecule has 0 radical (unpaired) electrons. The van der Waals surface area contributed by atoms with Crippen LogP contribution < -0.4 is 14.8 Å². The second-order valence-electron chi connectivity index (χ2n) is 7.95. The first-order chi connectivity index (χ1) is 16.0. The Bertz CT molecular complexity index is 1090. The topological polar surface area (TPSA) is 74.6 Å². The van der Waals surface area contributed by atoms with Crippen LogP contribution in [0.4, 0.5) is 4.39 Å². The highest BCUT2D eigenvalue weighted by Crippen LogP contribution is 2.36. The summed E-state index contributed by atoms with van der Waals surface area (Å²) in [6.07, 6.45) is 2.83. The van der Waals surface area contributed by atoms with Crippen molar-refractivity contribution in [1.82, 2.24) is 15.1 Å². The molecule has 1 atom stereocenters. The van der Waals surface area contributed by atoms with Crippen LogP contribution in [0.3, 0.4) is 0 Å². The lowest BCUT2D eigenvalue weighted by atomic mass is 10.1. The molecule has 0 saturated carbocycles. The molecule has 33 heavy (non-hydrogen) atoms. The maximum absolute atomic E-state index is 13.5. The van der Waals surface area contributed by atoms with Crippen molar-refractivity contribution in [3.8, 4) is 23.1 Å². The van der Waals surface area contributed by atoms with Crippen LogP contribution in [0.5, 0.6) is 17.4 Å². The van der Waals surface area contributed by atoms with Crippen molar-refractivity contribution >= 4 is 5.91 Å². The van der Waals surface area contributed by atoms with E-state index in [4.69, 9.17) is 14.2 Å². The van der Waals surface area contributed by atoms with E-state index in [0.29, 0.717) is 36.0 Å². The molecule has 0 unspecified atom stereocenters. The zero-order chi connectivity index (χ0) is 23.2. The third-order valence-electron chi connectivity index (χ3n) is 5.64. The standard InChI is InChI=1S/C25H28FN3O4/c1-17-21(13-14-24(30)27-16-20-6-5-15-32-20)25(33-23-8-4-3-7-22(23)31-2)29(28-17)19-11-9-18(26)10-12-19/h3-4,7-12,20H,5-6,13-16H2,1-2H3,(H,27,30)/t20-/m1/s1. The number of para-hydroxylation sites is 2. The van der Waals surface area contributed by atoms with Crippen molar-refractivity contribution in [3.63, 3.8) is 0 Å². The van der Waals surface area contributed by atoms with Crippen molar-refractivity contribution in [2.75, 3.05) is 20.3 Å². The molecule has 1 aliphatic heterocycles. The molecule has 1 amide bonds. The highest BCUT2D eigenvalue weighted by molar-refractivity contribution is 5.76. The number of nitrogens with one attached hydrogen (secondary N) is 1. The maximum Gasteiger partial charge on any atom is 0.226 e. The van der Waals surface area contributed by atoms with Gasteiger partial charge in [0.1, 0.15) is 5.82 Å². The van der Waals surface area contributed by atoms with Crippen molar-refractivity contribution in [3.05, 3.63) is 65.6 Å². The van der Waals surface area contributed by atoms with E-state index < -0.39 is 0 Å². The molecule has 174 valence electrons. The SMILES string of the molecule is COc1ccccc1Oc1c(CCC(=O)NC[C@H]2CCCO2)c(C)nn1-c1ccc(F)cc1. The summed E-state index contributed by atoms with van der Waals surface area (Å²) in [4.78, 5) is 12.5.